The fourth-order valence-electron chi connectivity index (χ4n) is 3.79. The molecule has 0 saturated carbocycles. The van der Waals surface area contributed by atoms with Crippen molar-refractivity contribution in [1.82, 2.24) is 25.1 Å². The van der Waals surface area contributed by atoms with E-state index in [0.29, 0.717) is 41.1 Å². The van der Waals surface area contributed by atoms with Crippen molar-refractivity contribution in [1.29, 1.82) is 0 Å². The second-order valence-electron chi connectivity index (χ2n) is 8.24. The van der Waals surface area contributed by atoms with Crippen molar-refractivity contribution in [3.8, 4) is 28.5 Å². The van der Waals surface area contributed by atoms with E-state index in [-0.39, 0.29) is 30.4 Å². The Kier molecular flexibility index (Phi) is 7.62. The molecule has 188 valence electrons. The third kappa shape index (κ3) is 5.70. The van der Waals surface area contributed by atoms with Crippen LogP contribution >= 0.6 is 0 Å². The lowest BCUT2D eigenvalue weighted by atomic mass is 10.1. The van der Waals surface area contributed by atoms with E-state index in [2.05, 4.69) is 15.3 Å². The number of amides is 1. The van der Waals surface area contributed by atoms with Crippen LogP contribution < -0.4 is 15.8 Å². The fourth-order valence-corrected chi connectivity index (χ4v) is 3.79. The lowest BCUT2D eigenvalue weighted by molar-refractivity contribution is -0.120. The average Bonchev–Trinajstić information content (AvgIpc) is 3.26. The Labute approximate surface area is 207 Å². The van der Waals surface area contributed by atoms with Gasteiger partial charge in [0.2, 0.25) is 5.91 Å². The number of carbonyl (C=O) groups is 1. The molecule has 0 radical (unpaired) electrons. The van der Waals surface area contributed by atoms with Crippen LogP contribution in [-0.4, -0.2) is 53.8 Å². The molecule has 4 aromatic rings. The summed E-state index contributed by atoms with van der Waals surface area (Å²) in [6.07, 6.45) is 0.607. The molecule has 4 rings (SSSR count). The molecular weight excluding hydrogens is 464 g/mol. The number of hydrogen-bond donors (Lipinski definition) is 5. The molecule has 36 heavy (non-hydrogen) atoms. The molecular formula is C25H28N6O5. The number of aliphatic hydroxyl groups excluding tert-OH is 1. The minimum Gasteiger partial charge on any atom is -0.508 e. The van der Waals surface area contributed by atoms with Gasteiger partial charge < -0.3 is 31.1 Å². The number of aromatic nitrogens is 4. The van der Waals surface area contributed by atoms with Crippen molar-refractivity contribution in [2.75, 3.05) is 12.3 Å². The number of nitrogen functional groups attached to an aromatic ring is 1. The summed E-state index contributed by atoms with van der Waals surface area (Å²) in [5, 5.41) is 36.5. The number of aliphatic hydroxyl groups is 2. The zero-order valence-corrected chi connectivity index (χ0v) is 19.7. The first-order valence-corrected chi connectivity index (χ1v) is 11.5. The van der Waals surface area contributed by atoms with E-state index in [9.17, 15) is 20.1 Å². The van der Waals surface area contributed by atoms with Crippen LogP contribution in [0.3, 0.4) is 0 Å². The van der Waals surface area contributed by atoms with Gasteiger partial charge in [-0.3, -0.25) is 4.79 Å². The molecule has 0 fully saturated rings. The molecule has 0 spiro atoms. The Morgan fingerprint density at radius 2 is 1.72 bits per heavy atom. The van der Waals surface area contributed by atoms with Crippen LogP contribution in [0.4, 0.5) is 5.82 Å². The van der Waals surface area contributed by atoms with E-state index in [1.807, 2.05) is 12.1 Å². The van der Waals surface area contributed by atoms with Crippen molar-refractivity contribution in [3.63, 3.8) is 0 Å². The van der Waals surface area contributed by atoms with E-state index in [4.69, 9.17) is 15.6 Å². The molecule has 0 aliphatic carbocycles. The molecule has 2 aromatic heterocycles. The zero-order valence-electron chi connectivity index (χ0n) is 19.7. The van der Waals surface area contributed by atoms with Gasteiger partial charge in [0.25, 0.3) is 0 Å². The van der Waals surface area contributed by atoms with Gasteiger partial charge in [-0.2, -0.15) is 5.10 Å². The lowest BCUT2D eigenvalue weighted by Gasteiger charge is -2.19. The maximum Gasteiger partial charge on any atom is 0.219 e. The van der Waals surface area contributed by atoms with Crippen LogP contribution in [0.1, 0.15) is 32.2 Å². The molecule has 0 bridgehead atoms. The van der Waals surface area contributed by atoms with Crippen LogP contribution in [0.15, 0.2) is 54.9 Å². The van der Waals surface area contributed by atoms with Crippen LogP contribution in [-0.2, 0) is 4.79 Å². The standard InChI is InChI=1S/C25H28N6O5/c1-2-20(33)27-13-16(5-12-21(34)35)31-25-22(24(26)28-14-29-25)23(30-31)15-3-8-18(9-4-15)36-19-10-6-17(32)7-11-19/h3-4,6-11,14,16,21,32,34-35H,2,5,12-13H2,1H3,(H,27,33)(H2,26,28,29). The number of phenolic OH excluding ortho intramolecular Hbond substituents is 1. The number of fused-ring (bicyclic) bond motifs is 1. The van der Waals surface area contributed by atoms with Gasteiger partial charge >= 0.3 is 0 Å². The summed E-state index contributed by atoms with van der Waals surface area (Å²) in [5.41, 5.74) is 7.99. The number of nitrogens with one attached hydrogen (secondary N) is 1. The summed E-state index contributed by atoms with van der Waals surface area (Å²) in [7, 11) is 0. The maximum absolute atomic E-state index is 11.9. The van der Waals surface area contributed by atoms with Crippen molar-refractivity contribution >= 4 is 22.8 Å². The van der Waals surface area contributed by atoms with E-state index < -0.39 is 12.3 Å². The van der Waals surface area contributed by atoms with E-state index in [1.165, 1.54) is 6.33 Å². The normalized spacial score (nSPS) is 12.1. The average molecular weight is 493 g/mol. The number of hydrogen-bond acceptors (Lipinski definition) is 9. The highest BCUT2D eigenvalue weighted by molar-refractivity contribution is 5.98. The molecule has 0 aliphatic heterocycles. The highest BCUT2D eigenvalue weighted by Gasteiger charge is 2.23. The zero-order chi connectivity index (χ0) is 25.7. The van der Waals surface area contributed by atoms with Gasteiger partial charge in [-0.05, 0) is 55.0 Å². The summed E-state index contributed by atoms with van der Waals surface area (Å²) >= 11 is 0. The Bertz CT molecular complexity index is 1320. The predicted octanol–water partition coefficient (Wildman–Crippen LogP) is 2.73. The van der Waals surface area contributed by atoms with E-state index >= 15 is 0 Å². The Morgan fingerprint density at radius 1 is 1.06 bits per heavy atom. The van der Waals surface area contributed by atoms with Gasteiger partial charge in [0.1, 0.15) is 35.1 Å². The van der Waals surface area contributed by atoms with Gasteiger partial charge in [0, 0.05) is 24.9 Å². The lowest BCUT2D eigenvalue weighted by Crippen LogP contribution is -2.31. The number of nitrogens with two attached hydrogens (primary N) is 1. The minimum atomic E-state index is -1.49. The maximum atomic E-state index is 11.9. The van der Waals surface area contributed by atoms with Crippen LogP contribution in [0, 0.1) is 0 Å². The van der Waals surface area contributed by atoms with Crippen LogP contribution in [0.2, 0.25) is 0 Å². The molecule has 6 N–H and O–H groups in total. The predicted molar refractivity (Wildman–Crippen MR) is 133 cm³/mol. The van der Waals surface area contributed by atoms with Crippen molar-refractivity contribution in [2.45, 2.75) is 38.5 Å². The molecule has 11 nitrogen and oxygen atoms in total. The first-order chi connectivity index (χ1) is 17.4. The first kappa shape index (κ1) is 24.9. The van der Waals surface area contributed by atoms with Gasteiger partial charge in [0.15, 0.2) is 11.9 Å². The Balaban J connectivity index is 1.68. The Morgan fingerprint density at radius 3 is 2.36 bits per heavy atom. The summed E-state index contributed by atoms with van der Waals surface area (Å²) < 4.78 is 7.48. The van der Waals surface area contributed by atoms with Gasteiger partial charge in [-0.1, -0.05) is 6.92 Å². The molecule has 11 heteroatoms. The molecule has 2 heterocycles. The van der Waals surface area contributed by atoms with E-state index in [1.54, 1.807) is 48.0 Å². The van der Waals surface area contributed by atoms with Crippen LogP contribution in [0.5, 0.6) is 17.2 Å². The smallest absolute Gasteiger partial charge is 0.219 e. The monoisotopic (exact) mass is 492 g/mol. The molecule has 1 atom stereocenters. The van der Waals surface area contributed by atoms with Crippen molar-refractivity contribution < 1.29 is 24.9 Å². The number of anilines is 1. The number of nitrogens with zero attached hydrogens (tertiary/aromatic N) is 4. The SMILES string of the molecule is CCC(=O)NCC(CCC(O)O)n1nc(-c2ccc(Oc3ccc(O)cc3)cc2)c2c(N)ncnc21. The molecule has 0 aliphatic rings. The minimum absolute atomic E-state index is 0.0905. The van der Waals surface area contributed by atoms with E-state index in [0.717, 1.165) is 5.56 Å². The second-order valence-corrected chi connectivity index (χ2v) is 8.24. The first-order valence-electron chi connectivity index (χ1n) is 11.5. The number of aromatic hydroxyl groups is 1. The van der Waals surface area contributed by atoms with Crippen LogP contribution in [0.25, 0.3) is 22.3 Å². The van der Waals surface area contributed by atoms with Gasteiger partial charge in [-0.25, -0.2) is 14.6 Å². The number of benzene rings is 2. The molecule has 1 unspecified atom stereocenters. The third-order valence-electron chi connectivity index (χ3n) is 5.68. The highest BCUT2D eigenvalue weighted by Crippen LogP contribution is 2.34. The Hall–Kier alpha value is -4.22. The quantitative estimate of drug-likeness (QED) is 0.209. The third-order valence-corrected chi connectivity index (χ3v) is 5.68. The second kappa shape index (κ2) is 11.0. The summed E-state index contributed by atoms with van der Waals surface area (Å²) in [6.45, 7) is 1.99. The fraction of sp³-hybridized carbons (Fsp3) is 0.280. The van der Waals surface area contributed by atoms with Crippen molar-refractivity contribution in [3.05, 3.63) is 54.9 Å². The summed E-state index contributed by atoms with van der Waals surface area (Å²) in [4.78, 5) is 20.4. The summed E-state index contributed by atoms with van der Waals surface area (Å²) in [5.74, 6) is 1.45. The van der Waals surface area contributed by atoms with Gasteiger partial charge in [-0.15, -0.1) is 0 Å². The number of phenols is 1. The van der Waals surface area contributed by atoms with Crippen molar-refractivity contribution in [2.24, 2.45) is 0 Å². The molecule has 0 saturated heterocycles. The largest absolute Gasteiger partial charge is 0.508 e. The number of carbonyl (C=O) groups excluding carboxylic acids is 1. The topological polar surface area (TPSA) is 169 Å². The highest BCUT2D eigenvalue weighted by atomic mass is 16.5. The molecule has 2 aromatic carbocycles. The summed E-state index contributed by atoms with van der Waals surface area (Å²) in [6, 6.07) is 13.3. The van der Waals surface area contributed by atoms with Gasteiger partial charge in [0.05, 0.1) is 11.4 Å². The number of rotatable bonds is 10. The molecule has 1 amide bonds. The number of ether oxygens (including phenoxy) is 1.